The van der Waals surface area contributed by atoms with Crippen LogP contribution in [0, 0.1) is 16.2 Å². The number of ether oxygens (including phenoxy) is 1. The third kappa shape index (κ3) is 3.75. The second-order valence-electron chi connectivity index (χ2n) is 6.80. The first kappa shape index (κ1) is 17.6. The van der Waals surface area contributed by atoms with E-state index in [0.29, 0.717) is 17.4 Å². The number of piperazine rings is 1. The molecule has 0 amide bonds. The first-order valence-electron chi connectivity index (χ1n) is 8.79. The van der Waals surface area contributed by atoms with Gasteiger partial charge in [-0.3, -0.25) is 4.90 Å². The van der Waals surface area contributed by atoms with Crippen LogP contribution in [0.4, 0.5) is 11.4 Å². The lowest BCUT2D eigenvalue weighted by Crippen LogP contribution is -2.52. The highest BCUT2D eigenvalue weighted by molar-refractivity contribution is 5.70. The van der Waals surface area contributed by atoms with Crippen molar-refractivity contribution in [2.45, 2.75) is 18.9 Å². The van der Waals surface area contributed by atoms with Crippen LogP contribution in [0.15, 0.2) is 17.3 Å². The molecule has 1 aromatic rings. The number of piperidine rings is 1. The van der Waals surface area contributed by atoms with Gasteiger partial charge in [-0.1, -0.05) is 0 Å². The normalized spacial score (nSPS) is 20.3. The summed E-state index contributed by atoms with van der Waals surface area (Å²) in [5, 5.41) is 12.4. The Balaban J connectivity index is 1.70. The second-order valence-corrected chi connectivity index (χ2v) is 6.80. The zero-order valence-electron chi connectivity index (χ0n) is 14.9. The van der Waals surface area contributed by atoms with Crippen LogP contribution in [0.5, 0.6) is 5.75 Å². The summed E-state index contributed by atoms with van der Waals surface area (Å²) >= 11 is 0. The zero-order valence-corrected chi connectivity index (χ0v) is 14.9. The van der Waals surface area contributed by atoms with Gasteiger partial charge in [0.25, 0.3) is 0 Å². The molecule has 7 nitrogen and oxygen atoms in total. The largest absolute Gasteiger partial charge is 0.494 e. The molecule has 134 valence electrons. The molecule has 25 heavy (non-hydrogen) atoms. The molecule has 0 atom stereocenters. The number of hydrogen-bond donors (Lipinski definition) is 0. The van der Waals surface area contributed by atoms with Gasteiger partial charge in [0, 0.05) is 51.4 Å². The van der Waals surface area contributed by atoms with Crippen LogP contribution in [-0.4, -0.2) is 69.3 Å². The number of benzene rings is 1. The van der Waals surface area contributed by atoms with Crippen molar-refractivity contribution in [2.75, 3.05) is 58.3 Å². The minimum atomic E-state index is 0.176. The topological polar surface area (TPSA) is 72.2 Å². The molecule has 3 rings (SSSR count). The number of likely N-dealkylation sites (N-methyl/N-ethyl adjacent to an activating group) is 1. The summed E-state index contributed by atoms with van der Waals surface area (Å²) in [7, 11) is 3.69. The van der Waals surface area contributed by atoms with Gasteiger partial charge in [0.2, 0.25) is 0 Å². The highest BCUT2D eigenvalue weighted by Gasteiger charge is 2.28. The van der Waals surface area contributed by atoms with E-state index in [1.54, 1.807) is 6.07 Å². The van der Waals surface area contributed by atoms with Gasteiger partial charge in [0.05, 0.1) is 18.4 Å². The molecule has 0 unspecified atom stereocenters. The number of rotatable bonds is 4. The fourth-order valence-corrected chi connectivity index (χ4v) is 3.80. The van der Waals surface area contributed by atoms with Gasteiger partial charge < -0.3 is 14.5 Å². The Morgan fingerprint density at radius 2 is 1.84 bits per heavy atom. The number of anilines is 1. The number of methoxy groups -OCH3 is 1. The van der Waals surface area contributed by atoms with Gasteiger partial charge >= 0.3 is 0 Å². The molecule has 0 aromatic heterocycles. The Labute approximate surface area is 148 Å². The van der Waals surface area contributed by atoms with E-state index in [0.717, 1.165) is 57.8 Å². The summed E-state index contributed by atoms with van der Waals surface area (Å²) in [5.41, 5.74) is 1.49. The number of nitroso groups, excluding NO2 is 1. The van der Waals surface area contributed by atoms with Crippen molar-refractivity contribution in [3.8, 4) is 11.8 Å². The van der Waals surface area contributed by atoms with E-state index in [-0.39, 0.29) is 5.69 Å². The van der Waals surface area contributed by atoms with E-state index in [1.165, 1.54) is 13.2 Å². The molecular formula is C18H25N5O2. The molecule has 2 aliphatic heterocycles. The average Bonchev–Trinajstić information content (AvgIpc) is 2.67. The molecule has 2 fully saturated rings. The van der Waals surface area contributed by atoms with E-state index in [1.807, 2.05) is 0 Å². The highest BCUT2D eigenvalue weighted by Crippen LogP contribution is 2.36. The molecule has 0 saturated carbocycles. The van der Waals surface area contributed by atoms with Crippen LogP contribution in [0.2, 0.25) is 0 Å². The molecule has 2 saturated heterocycles. The minimum absolute atomic E-state index is 0.176. The Kier molecular flexibility index (Phi) is 5.51. The van der Waals surface area contributed by atoms with Crippen molar-refractivity contribution in [3.63, 3.8) is 0 Å². The van der Waals surface area contributed by atoms with Crippen LogP contribution in [-0.2, 0) is 0 Å². The summed E-state index contributed by atoms with van der Waals surface area (Å²) in [4.78, 5) is 18.1. The molecule has 0 spiro atoms. The predicted octanol–water partition coefficient (Wildman–Crippen LogP) is 2.18. The standard InChI is InChI=1S/C18H25N5O2/c1-21-7-9-22(10-8-21)15-3-5-23(6-4-15)17-12-18(25-2)16(20-24)11-14(17)13-19/h11-12,15H,3-10H2,1-2H3. The third-order valence-electron chi connectivity index (χ3n) is 5.38. The van der Waals surface area contributed by atoms with Crippen LogP contribution >= 0.6 is 0 Å². The van der Waals surface area contributed by atoms with Crippen molar-refractivity contribution in [1.82, 2.24) is 9.80 Å². The Hall–Kier alpha value is -2.17. The average molecular weight is 343 g/mol. The molecule has 0 aliphatic carbocycles. The SMILES string of the molecule is COc1cc(N2CCC(N3CCN(C)CC3)CC2)c(C#N)cc1N=O. The first-order chi connectivity index (χ1) is 12.2. The Bertz CT molecular complexity index is 656. The maximum absolute atomic E-state index is 10.9. The zero-order chi connectivity index (χ0) is 17.8. The first-order valence-corrected chi connectivity index (χ1v) is 8.79. The van der Waals surface area contributed by atoms with Gasteiger partial charge in [-0.05, 0) is 31.1 Å². The molecule has 7 heteroatoms. The van der Waals surface area contributed by atoms with Gasteiger partial charge in [0.1, 0.15) is 11.8 Å². The van der Waals surface area contributed by atoms with E-state index >= 15 is 0 Å². The fourth-order valence-electron chi connectivity index (χ4n) is 3.80. The molecular weight excluding hydrogens is 318 g/mol. The summed E-state index contributed by atoms with van der Waals surface area (Å²) in [6, 6.07) is 6.10. The second kappa shape index (κ2) is 7.81. The minimum Gasteiger partial charge on any atom is -0.494 e. The smallest absolute Gasteiger partial charge is 0.151 e. The highest BCUT2D eigenvalue weighted by atomic mass is 16.5. The molecule has 0 radical (unpaired) electrons. The third-order valence-corrected chi connectivity index (χ3v) is 5.38. The van der Waals surface area contributed by atoms with Crippen molar-refractivity contribution < 1.29 is 4.74 Å². The van der Waals surface area contributed by atoms with E-state index in [2.05, 4.69) is 33.0 Å². The molecule has 2 aliphatic rings. The number of nitrogens with zero attached hydrogens (tertiary/aromatic N) is 5. The van der Waals surface area contributed by atoms with E-state index in [4.69, 9.17) is 4.74 Å². The maximum Gasteiger partial charge on any atom is 0.151 e. The van der Waals surface area contributed by atoms with E-state index < -0.39 is 0 Å². The lowest BCUT2D eigenvalue weighted by molar-refractivity contribution is 0.0982. The van der Waals surface area contributed by atoms with Crippen LogP contribution in [0.1, 0.15) is 18.4 Å². The van der Waals surface area contributed by atoms with Crippen molar-refractivity contribution >= 4 is 11.4 Å². The lowest BCUT2D eigenvalue weighted by Gasteiger charge is -2.42. The van der Waals surface area contributed by atoms with Crippen molar-refractivity contribution in [3.05, 3.63) is 22.6 Å². The number of nitriles is 1. The summed E-state index contributed by atoms with van der Waals surface area (Å²) in [6.45, 7) is 6.36. The molecule has 1 aromatic carbocycles. The van der Waals surface area contributed by atoms with E-state index in [9.17, 15) is 10.2 Å². The van der Waals surface area contributed by atoms with Gasteiger partial charge in [-0.2, -0.15) is 5.26 Å². The summed E-state index contributed by atoms with van der Waals surface area (Å²) < 4.78 is 5.25. The van der Waals surface area contributed by atoms with Crippen LogP contribution < -0.4 is 9.64 Å². The van der Waals surface area contributed by atoms with Crippen LogP contribution in [0.25, 0.3) is 0 Å². The predicted molar refractivity (Wildman–Crippen MR) is 97.5 cm³/mol. The lowest BCUT2D eigenvalue weighted by atomic mass is 10.0. The van der Waals surface area contributed by atoms with Gasteiger partial charge in [-0.25, -0.2) is 0 Å². The fraction of sp³-hybridized carbons (Fsp3) is 0.611. The molecule has 0 N–H and O–H groups in total. The van der Waals surface area contributed by atoms with Crippen molar-refractivity contribution in [1.29, 1.82) is 5.26 Å². The van der Waals surface area contributed by atoms with Gasteiger partial charge in [-0.15, -0.1) is 4.91 Å². The summed E-state index contributed by atoms with van der Waals surface area (Å²) in [6.07, 6.45) is 2.18. The quantitative estimate of drug-likeness (QED) is 0.780. The monoisotopic (exact) mass is 343 g/mol. The molecule has 0 bridgehead atoms. The Morgan fingerprint density at radius 3 is 2.40 bits per heavy atom. The Morgan fingerprint density at radius 1 is 1.16 bits per heavy atom. The van der Waals surface area contributed by atoms with Crippen LogP contribution in [0.3, 0.4) is 0 Å². The van der Waals surface area contributed by atoms with Gasteiger partial charge in [0.15, 0.2) is 5.69 Å². The molecule has 2 heterocycles. The van der Waals surface area contributed by atoms with Crippen molar-refractivity contribution in [2.24, 2.45) is 5.18 Å². The summed E-state index contributed by atoms with van der Waals surface area (Å²) in [5.74, 6) is 0.421. The maximum atomic E-state index is 10.9. The number of hydrogen-bond acceptors (Lipinski definition) is 7.